The first-order chi connectivity index (χ1) is 14.7. The zero-order valence-electron chi connectivity index (χ0n) is 18.0. The van der Waals surface area contributed by atoms with Gasteiger partial charge in [-0.1, -0.05) is 50.2 Å². The van der Waals surface area contributed by atoms with Crippen LogP contribution < -0.4 is 9.80 Å². The van der Waals surface area contributed by atoms with Crippen molar-refractivity contribution in [2.45, 2.75) is 39.9 Å². The van der Waals surface area contributed by atoms with Crippen LogP contribution in [0.25, 0.3) is 0 Å². The van der Waals surface area contributed by atoms with Crippen LogP contribution in [0.5, 0.6) is 0 Å². The highest BCUT2D eigenvalue weighted by Gasteiger charge is 2.19. The standard InChI is InChI=1S/C26H32N2O2/c1-3-15-27(23-11-7-5-8-12-23)25-17-22(20-30)26(18-21(25)19-29)28(16-4-2)24-13-9-6-10-14-24/h5-14,17-18,29-30H,3-4,15-16,19-20H2,1-2H3. The summed E-state index contributed by atoms with van der Waals surface area (Å²) in [6.07, 6.45) is 1.95. The van der Waals surface area contributed by atoms with Crippen molar-refractivity contribution in [3.05, 3.63) is 83.9 Å². The lowest BCUT2D eigenvalue weighted by molar-refractivity contribution is 0.278. The van der Waals surface area contributed by atoms with E-state index in [9.17, 15) is 10.2 Å². The van der Waals surface area contributed by atoms with Gasteiger partial charge in [-0.25, -0.2) is 0 Å². The van der Waals surface area contributed by atoms with Gasteiger partial charge in [0.1, 0.15) is 0 Å². The summed E-state index contributed by atoms with van der Waals surface area (Å²) in [5.74, 6) is 0. The van der Waals surface area contributed by atoms with Gasteiger partial charge < -0.3 is 20.0 Å². The van der Waals surface area contributed by atoms with Gasteiger partial charge in [0.25, 0.3) is 0 Å². The molecule has 3 aromatic carbocycles. The Morgan fingerprint density at radius 3 is 1.27 bits per heavy atom. The van der Waals surface area contributed by atoms with Gasteiger partial charge in [-0.2, -0.15) is 0 Å². The van der Waals surface area contributed by atoms with Crippen LogP contribution in [0.2, 0.25) is 0 Å². The number of benzene rings is 3. The number of anilines is 4. The fourth-order valence-electron chi connectivity index (χ4n) is 3.86. The third kappa shape index (κ3) is 4.84. The van der Waals surface area contributed by atoms with Crippen LogP contribution in [0.3, 0.4) is 0 Å². The molecule has 0 aliphatic carbocycles. The molecule has 0 fully saturated rings. The Morgan fingerprint density at radius 1 is 0.600 bits per heavy atom. The quantitative estimate of drug-likeness (QED) is 0.450. The molecule has 0 spiro atoms. The monoisotopic (exact) mass is 404 g/mol. The van der Waals surface area contributed by atoms with Crippen molar-refractivity contribution in [2.75, 3.05) is 22.9 Å². The maximum atomic E-state index is 10.2. The molecule has 4 heteroatoms. The number of aliphatic hydroxyl groups is 2. The van der Waals surface area contributed by atoms with Gasteiger partial charge in [-0.05, 0) is 49.2 Å². The van der Waals surface area contributed by atoms with Crippen LogP contribution in [0.1, 0.15) is 37.8 Å². The molecule has 0 saturated heterocycles. The summed E-state index contributed by atoms with van der Waals surface area (Å²) in [6, 6.07) is 24.5. The molecule has 0 heterocycles. The van der Waals surface area contributed by atoms with E-state index in [1.807, 2.05) is 48.5 Å². The molecule has 0 atom stereocenters. The summed E-state index contributed by atoms with van der Waals surface area (Å²) in [5.41, 5.74) is 5.78. The first kappa shape index (κ1) is 21.9. The van der Waals surface area contributed by atoms with Crippen LogP contribution >= 0.6 is 0 Å². The molecule has 0 aromatic heterocycles. The Hall–Kier alpha value is -2.82. The predicted molar refractivity (Wildman–Crippen MR) is 126 cm³/mol. The SMILES string of the molecule is CCCN(c1ccccc1)c1cc(CO)c(N(CCC)c2ccccc2)cc1CO. The highest BCUT2D eigenvalue weighted by molar-refractivity contribution is 5.75. The van der Waals surface area contributed by atoms with Gasteiger partial charge in [0, 0.05) is 47.0 Å². The maximum Gasteiger partial charge on any atom is 0.0702 e. The topological polar surface area (TPSA) is 46.9 Å². The minimum Gasteiger partial charge on any atom is -0.392 e. The van der Waals surface area contributed by atoms with E-state index >= 15 is 0 Å². The Labute approximate surface area is 180 Å². The second-order valence-electron chi connectivity index (χ2n) is 7.40. The van der Waals surface area contributed by atoms with E-state index in [0.717, 1.165) is 59.8 Å². The fourth-order valence-corrected chi connectivity index (χ4v) is 3.86. The molecule has 0 unspecified atom stereocenters. The van der Waals surface area contributed by atoms with E-state index < -0.39 is 0 Å². The van der Waals surface area contributed by atoms with Crippen molar-refractivity contribution in [1.29, 1.82) is 0 Å². The van der Waals surface area contributed by atoms with E-state index in [0.29, 0.717) is 0 Å². The number of nitrogens with zero attached hydrogens (tertiary/aromatic N) is 2. The highest BCUT2D eigenvalue weighted by atomic mass is 16.3. The van der Waals surface area contributed by atoms with E-state index in [2.05, 4.69) is 47.9 Å². The van der Waals surface area contributed by atoms with Crippen molar-refractivity contribution >= 4 is 22.7 Å². The number of hydrogen-bond donors (Lipinski definition) is 2. The summed E-state index contributed by atoms with van der Waals surface area (Å²) in [7, 11) is 0. The normalized spacial score (nSPS) is 10.8. The minimum absolute atomic E-state index is 0.0597. The highest BCUT2D eigenvalue weighted by Crippen LogP contribution is 2.37. The molecule has 158 valence electrons. The molecular formula is C26H32N2O2. The molecule has 0 aliphatic rings. The Balaban J connectivity index is 2.13. The molecule has 0 aliphatic heterocycles. The maximum absolute atomic E-state index is 10.2. The van der Waals surface area contributed by atoms with Crippen LogP contribution in [0.4, 0.5) is 22.7 Å². The van der Waals surface area contributed by atoms with Crippen LogP contribution in [-0.2, 0) is 13.2 Å². The molecular weight excluding hydrogens is 372 g/mol. The number of rotatable bonds is 10. The third-order valence-electron chi connectivity index (χ3n) is 5.23. The lowest BCUT2D eigenvalue weighted by Gasteiger charge is -2.31. The second kappa shape index (κ2) is 10.8. The van der Waals surface area contributed by atoms with Crippen molar-refractivity contribution in [3.63, 3.8) is 0 Å². The van der Waals surface area contributed by atoms with Gasteiger partial charge in [-0.3, -0.25) is 0 Å². The number of aliphatic hydroxyl groups excluding tert-OH is 2. The minimum atomic E-state index is -0.0597. The summed E-state index contributed by atoms with van der Waals surface area (Å²) in [5, 5.41) is 20.5. The van der Waals surface area contributed by atoms with Crippen molar-refractivity contribution in [1.82, 2.24) is 0 Å². The van der Waals surface area contributed by atoms with Crippen LogP contribution in [0.15, 0.2) is 72.8 Å². The Kier molecular flexibility index (Phi) is 7.89. The summed E-state index contributed by atoms with van der Waals surface area (Å²) in [6.45, 7) is 5.84. The van der Waals surface area contributed by atoms with Gasteiger partial charge in [0.05, 0.1) is 13.2 Å². The van der Waals surface area contributed by atoms with Crippen molar-refractivity contribution in [3.8, 4) is 0 Å². The zero-order chi connectivity index (χ0) is 21.3. The smallest absolute Gasteiger partial charge is 0.0702 e. The summed E-state index contributed by atoms with van der Waals surface area (Å²) in [4.78, 5) is 4.45. The summed E-state index contributed by atoms with van der Waals surface area (Å²) < 4.78 is 0. The number of hydrogen-bond acceptors (Lipinski definition) is 4. The Morgan fingerprint density at radius 2 is 0.967 bits per heavy atom. The van der Waals surface area contributed by atoms with Crippen molar-refractivity contribution < 1.29 is 10.2 Å². The molecule has 0 bridgehead atoms. The fraction of sp³-hybridized carbons (Fsp3) is 0.308. The molecule has 3 aromatic rings. The van der Waals surface area contributed by atoms with Crippen LogP contribution in [0, 0.1) is 0 Å². The molecule has 30 heavy (non-hydrogen) atoms. The predicted octanol–water partition coefficient (Wildman–Crippen LogP) is 5.77. The molecule has 0 amide bonds. The second-order valence-corrected chi connectivity index (χ2v) is 7.40. The van der Waals surface area contributed by atoms with E-state index in [4.69, 9.17) is 0 Å². The summed E-state index contributed by atoms with van der Waals surface area (Å²) >= 11 is 0. The molecule has 0 radical (unpaired) electrons. The Bertz CT molecular complexity index is 836. The van der Waals surface area contributed by atoms with Gasteiger partial charge in [0.15, 0.2) is 0 Å². The first-order valence-corrected chi connectivity index (χ1v) is 10.8. The molecule has 0 saturated carbocycles. The van der Waals surface area contributed by atoms with E-state index in [1.54, 1.807) is 0 Å². The average Bonchev–Trinajstić information content (AvgIpc) is 2.81. The lowest BCUT2D eigenvalue weighted by Crippen LogP contribution is -2.23. The number of para-hydroxylation sites is 2. The third-order valence-corrected chi connectivity index (χ3v) is 5.23. The van der Waals surface area contributed by atoms with E-state index in [-0.39, 0.29) is 13.2 Å². The lowest BCUT2D eigenvalue weighted by atomic mass is 10.0. The van der Waals surface area contributed by atoms with Gasteiger partial charge >= 0.3 is 0 Å². The first-order valence-electron chi connectivity index (χ1n) is 10.8. The molecule has 4 nitrogen and oxygen atoms in total. The van der Waals surface area contributed by atoms with Crippen molar-refractivity contribution in [2.24, 2.45) is 0 Å². The molecule has 3 rings (SSSR count). The average molecular weight is 405 g/mol. The molecule has 2 N–H and O–H groups in total. The van der Waals surface area contributed by atoms with E-state index in [1.165, 1.54) is 0 Å². The van der Waals surface area contributed by atoms with Crippen LogP contribution in [-0.4, -0.2) is 23.3 Å². The van der Waals surface area contributed by atoms with Gasteiger partial charge in [-0.15, -0.1) is 0 Å². The van der Waals surface area contributed by atoms with Gasteiger partial charge in [0.2, 0.25) is 0 Å². The largest absolute Gasteiger partial charge is 0.392 e. The zero-order valence-corrected chi connectivity index (χ0v) is 18.0.